The first-order valence-corrected chi connectivity index (χ1v) is 12.0. The van der Waals surface area contributed by atoms with Gasteiger partial charge in [-0.3, -0.25) is 25.1 Å². The smallest absolute Gasteiger partial charge is 0.413 e. The second-order valence-electron chi connectivity index (χ2n) is 8.96. The van der Waals surface area contributed by atoms with E-state index in [-0.39, 0.29) is 31.3 Å². The highest BCUT2D eigenvalue weighted by Crippen LogP contribution is 2.25. The topological polar surface area (TPSA) is 161 Å². The third-order valence-corrected chi connectivity index (χ3v) is 6.01. The van der Waals surface area contributed by atoms with Crippen molar-refractivity contribution in [3.05, 3.63) is 95.1 Å². The molecule has 0 saturated heterocycles. The molecule has 1 unspecified atom stereocenters. The van der Waals surface area contributed by atoms with Crippen molar-refractivity contribution in [2.24, 2.45) is 0 Å². The average Bonchev–Trinajstić information content (AvgIpc) is 3.03. The van der Waals surface area contributed by atoms with Gasteiger partial charge < -0.3 is 25.4 Å². The molecule has 1 aliphatic rings. The summed E-state index contributed by atoms with van der Waals surface area (Å²) in [5.74, 6) is -2.05. The number of nitrogens with zero attached hydrogens (tertiary/aromatic N) is 1. The summed E-state index contributed by atoms with van der Waals surface area (Å²) in [5.41, 5.74) is 3.16. The third-order valence-electron chi connectivity index (χ3n) is 6.01. The number of amidine groups is 1. The summed E-state index contributed by atoms with van der Waals surface area (Å²) >= 11 is 0. The van der Waals surface area contributed by atoms with Crippen LogP contribution in [0.15, 0.2) is 72.8 Å². The van der Waals surface area contributed by atoms with E-state index in [9.17, 15) is 19.2 Å². The van der Waals surface area contributed by atoms with E-state index in [4.69, 9.17) is 15.3 Å². The first-order valence-electron chi connectivity index (χ1n) is 12.0. The van der Waals surface area contributed by atoms with Crippen molar-refractivity contribution >= 4 is 41.1 Å². The molecule has 0 saturated carbocycles. The van der Waals surface area contributed by atoms with Gasteiger partial charge in [0.05, 0.1) is 6.42 Å². The predicted octanol–water partition coefficient (Wildman–Crippen LogP) is 3.42. The minimum absolute atomic E-state index is 0.0660. The number of nitrogens with one attached hydrogen (secondary N) is 4. The summed E-state index contributed by atoms with van der Waals surface area (Å²) in [6.45, 7) is 0.271. The molecule has 0 radical (unpaired) electrons. The average molecular weight is 530 g/mol. The molecule has 0 fully saturated rings. The number of alkyl carbamates (subject to hydrolysis) is 1. The Bertz CT molecular complexity index is 1420. The van der Waals surface area contributed by atoms with Gasteiger partial charge in [-0.05, 0) is 41.5 Å². The summed E-state index contributed by atoms with van der Waals surface area (Å²) < 4.78 is 5.15. The SMILES string of the molecule is CN1Cc2cc(C(=O)Nc3cccc(C(=N)NC(=O)OCc4ccccc4)c3)ccc2NC(CC(=O)O)C1=O. The van der Waals surface area contributed by atoms with Crippen LogP contribution in [0.1, 0.15) is 33.5 Å². The quantitative estimate of drug-likeness (QED) is 0.231. The van der Waals surface area contributed by atoms with Gasteiger partial charge >= 0.3 is 12.1 Å². The summed E-state index contributed by atoms with van der Waals surface area (Å²) in [6.07, 6.45) is -1.14. The van der Waals surface area contributed by atoms with Crippen molar-refractivity contribution in [1.29, 1.82) is 5.41 Å². The number of amides is 3. The highest BCUT2D eigenvalue weighted by molar-refractivity contribution is 6.07. The van der Waals surface area contributed by atoms with E-state index in [2.05, 4.69) is 16.0 Å². The Hall–Kier alpha value is -5.19. The van der Waals surface area contributed by atoms with Gasteiger partial charge in [0.15, 0.2) is 0 Å². The van der Waals surface area contributed by atoms with Gasteiger partial charge in [0.1, 0.15) is 18.5 Å². The number of likely N-dealkylation sites (N-methyl/N-ethyl adjacent to an activating group) is 1. The molecule has 3 aromatic carbocycles. The van der Waals surface area contributed by atoms with Crippen molar-refractivity contribution in [2.45, 2.75) is 25.6 Å². The maximum Gasteiger partial charge on any atom is 0.413 e. The lowest BCUT2D eigenvalue weighted by atomic mass is 10.1. The molecule has 1 heterocycles. The van der Waals surface area contributed by atoms with E-state index in [1.807, 2.05) is 30.3 Å². The van der Waals surface area contributed by atoms with Crippen LogP contribution in [-0.2, 0) is 27.5 Å². The van der Waals surface area contributed by atoms with Gasteiger partial charge in [0, 0.05) is 36.1 Å². The maximum absolute atomic E-state index is 13.0. The predicted molar refractivity (Wildman–Crippen MR) is 144 cm³/mol. The number of benzene rings is 3. The normalized spacial score (nSPS) is 14.3. The van der Waals surface area contributed by atoms with Crippen LogP contribution in [0.3, 0.4) is 0 Å². The number of rotatable bonds is 7. The van der Waals surface area contributed by atoms with E-state index in [0.29, 0.717) is 28.1 Å². The van der Waals surface area contributed by atoms with E-state index < -0.39 is 24.0 Å². The Morgan fingerprint density at radius 1 is 1.05 bits per heavy atom. The molecule has 0 bridgehead atoms. The number of hydrogen-bond donors (Lipinski definition) is 5. The highest BCUT2D eigenvalue weighted by atomic mass is 16.5. The van der Waals surface area contributed by atoms with Crippen LogP contribution in [-0.4, -0.2) is 52.8 Å². The molecule has 5 N–H and O–H groups in total. The molecular formula is C28H27N5O6. The molecule has 11 nitrogen and oxygen atoms in total. The van der Waals surface area contributed by atoms with Crippen molar-refractivity contribution in [1.82, 2.24) is 10.2 Å². The van der Waals surface area contributed by atoms with Crippen LogP contribution < -0.4 is 16.0 Å². The van der Waals surface area contributed by atoms with Crippen LogP contribution in [0.5, 0.6) is 0 Å². The number of anilines is 2. The lowest BCUT2D eigenvalue weighted by Gasteiger charge is -2.19. The fourth-order valence-electron chi connectivity index (χ4n) is 4.06. The Labute approximate surface area is 224 Å². The number of aliphatic carboxylic acids is 1. The minimum Gasteiger partial charge on any atom is -0.481 e. The summed E-state index contributed by atoms with van der Waals surface area (Å²) in [5, 5.41) is 25.4. The fourth-order valence-corrected chi connectivity index (χ4v) is 4.06. The van der Waals surface area contributed by atoms with Crippen LogP contribution >= 0.6 is 0 Å². The van der Waals surface area contributed by atoms with Crippen LogP contribution in [0.2, 0.25) is 0 Å². The van der Waals surface area contributed by atoms with Crippen molar-refractivity contribution in [3.8, 4) is 0 Å². The number of hydrogen-bond acceptors (Lipinski definition) is 7. The first-order chi connectivity index (χ1) is 18.7. The van der Waals surface area contributed by atoms with Crippen LogP contribution in [0.25, 0.3) is 0 Å². The molecular weight excluding hydrogens is 502 g/mol. The van der Waals surface area contributed by atoms with Gasteiger partial charge in [-0.25, -0.2) is 4.79 Å². The van der Waals surface area contributed by atoms with Crippen LogP contribution in [0.4, 0.5) is 16.2 Å². The van der Waals surface area contributed by atoms with Gasteiger partial charge in [0.25, 0.3) is 5.91 Å². The Morgan fingerprint density at radius 3 is 2.56 bits per heavy atom. The molecule has 3 aromatic rings. The van der Waals surface area contributed by atoms with E-state index in [1.165, 1.54) is 4.90 Å². The van der Waals surface area contributed by atoms with E-state index in [0.717, 1.165) is 5.56 Å². The number of carbonyl (C=O) groups excluding carboxylic acids is 3. The zero-order valence-corrected chi connectivity index (χ0v) is 21.1. The molecule has 1 aliphatic heterocycles. The number of carbonyl (C=O) groups is 4. The molecule has 4 rings (SSSR count). The monoisotopic (exact) mass is 529 g/mol. The molecule has 0 aliphatic carbocycles. The number of carboxylic acid groups (broad SMARTS) is 1. The summed E-state index contributed by atoms with van der Waals surface area (Å²) in [7, 11) is 1.58. The zero-order valence-electron chi connectivity index (χ0n) is 21.1. The summed E-state index contributed by atoms with van der Waals surface area (Å²) in [4.78, 5) is 50.2. The molecule has 39 heavy (non-hydrogen) atoms. The van der Waals surface area contributed by atoms with Crippen molar-refractivity contribution < 1.29 is 29.0 Å². The number of fused-ring (bicyclic) bond motifs is 1. The lowest BCUT2D eigenvalue weighted by molar-refractivity contribution is -0.141. The maximum atomic E-state index is 13.0. The van der Waals surface area contributed by atoms with Crippen molar-refractivity contribution in [2.75, 3.05) is 17.7 Å². The summed E-state index contributed by atoms with van der Waals surface area (Å²) in [6, 6.07) is 19.6. The van der Waals surface area contributed by atoms with E-state index in [1.54, 1.807) is 49.5 Å². The van der Waals surface area contributed by atoms with Gasteiger partial charge in [-0.2, -0.15) is 0 Å². The number of carboxylic acids is 1. The molecule has 1 atom stereocenters. The highest BCUT2D eigenvalue weighted by Gasteiger charge is 2.29. The molecule has 0 aromatic heterocycles. The van der Waals surface area contributed by atoms with Gasteiger partial charge in [-0.1, -0.05) is 42.5 Å². The Balaban J connectivity index is 1.40. The second kappa shape index (κ2) is 11.9. The first kappa shape index (κ1) is 26.9. The molecule has 11 heteroatoms. The van der Waals surface area contributed by atoms with Gasteiger partial charge in [-0.15, -0.1) is 0 Å². The van der Waals surface area contributed by atoms with Crippen LogP contribution in [0, 0.1) is 5.41 Å². The Kier molecular flexibility index (Phi) is 8.20. The fraction of sp³-hybridized carbons (Fsp3) is 0.179. The minimum atomic E-state index is -1.09. The third kappa shape index (κ3) is 6.98. The van der Waals surface area contributed by atoms with E-state index >= 15 is 0 Å². The second-order valence-corrected chi connectivity index (χ2v) is 8.96. The molecule has 3 amide bonds. The number of ether oxygens (including phenoxy) is 1. The van der Waals surface area contributed by atoms with Crippen molar-refractivity contribution in [3.63, 3.8) is 0 Å². The Morgan fingerprint density at radius 2 is 1.82 bits per heavy atom. The molecule has 200 valence electrons. The largest absolute Gasteiger partial charge is 0.481 e. The van der Waals surface area contributed by atoms with Gasteiger partial charge in [0.2, 0.25) is 5.91 Å². The standard InChI is InChI=1S/C28H27N5O6/c1-33-15-20-12-19(10-11-22(20)31-23(27(33)37)14-24(34)35)26(36)30-21-9-5-8-18(13-21)25(29)32-28(38)39-16-17-6-3-2-4-7-17/h2-13,23,31H,14-16H2,1H3,(H,30,36)(H,34,35)(H2,29,32,38). The molecule has 0 spiro atoms. The zero-order chi connectivity index (χ0) is 27.9. The lowest BCUT2D eigenvalue weighted by Crippen LogP contribution is -2.39.